The summed E-state index contributed by atoms with van der Waals surface area (Å²) in [5.41, 5.74) is 6.33. The molecule has 0 bridgehead atoms. The molecule has 2 fully saturated rings. The summed E-state index contributed by atoms with van der Waals surface area (Å²) in [5, 5.41) is 0. The van der Waals surface area contributed by atoms with Gasteiger partial charge in [0.1, 0.15) is 5.82 Å². The largest absolute Gasteiger partial charge is 0.431 e. The van der Waals surface area contributed by atoms with E-state index in [-0.39, 0.29) is 24.7 Å². The Morgan fingerprint density at radius 2 is 1.79 bits per heavy atom. The van der Waals surface area contributed by atoms with Crippen LogP contribution >= 0.6 is 0 Å². The van der Waals surface area contributed by atoms with Crippen LogP contribution in [-0.2, 0) is 0 Å². The van der Waals surface area contributed by atoms with Gasteiger partial charge in [-0.1, -0.05) is 0 Å². The van der Waals surface area contributed by atoms with Gasteiger partial charge in [-0.25, -0.2) is 18.7 Å². The lowest BCUT2D eigenvalue weighted by Crippen LogP contribution is -2.38. The lowest BCUT2D eigenvalue weighted by Gasteiger charge is -2.32. The van der Waals surface area contributed by atoms with Gasteiger partial charge >= 0.3 is 6.61 Å². The summed E-state index contributed by atoms with van der Waals surface area (Å²) in [4.78, 5) is 16.2. The number of hydrogen-bond donors (Lipinski definition) is 1. The fraction of sp³-hybridized carbons (Fsp3) is 0.471. The summed E-state index contributed by atoms with van der Waals surface area (Å²) in [6, 6.07) is 2.85. The lowest BCUT2D eigenvalue weighted by molar-refractivity contribution is -0.0494. The zero-order valence-electron chi connectivity index (χ0n) is 14.7. The first-order chi connectivity index (χ1) is 13.4. The van der Waals surface area contributed by atoms with Gasteiger partial charge in [0.25, 0.3) is 0 Å². The van der Waals surface area contributed by atoms with Crippen molar-refractivity contribution in [2.45, 2.75) is 25.4 Å². The van der Waals surface area contributed by atoms with E-state index < -0.39 is 19.0 Å². The molecule has 2 atom stereocenters. The highest BCUT2D eigenvalue weighted by Gasteiger charge is 2.34. The standard InChI is InChI=1S/C17H18F4N6O/c18-10-7-27(8-11(10)19)14-5-12(24-17(25-14)26-2-1-3-26)9-4-13(28-16(20)21)15(22)23-6-9/h4-6,10-11,16H,1-3,7-8H2,(H2,22,23)/t10-,11+. The number of anilines is 3. The Bertz CT molecular complexity index is 856. The number of nitrogens with zero attached hydrogens (tertiary/aromatic N) is 5. The number of halogens is 4. The van der Waals surface area contributed by atoms with Crippen LogP contribution in [0.4, 0.5) is 35.1 Å². The van der Waals surface area contributed by atoms with Crippen LogP contribution in [0, 0.1) is 0 Å². The summed E-state index contributed by atoms with van der Waals surface area (Å²) in [6.45, 7) is -1.75. The van der Waals surface area contributed by atoms with Crippen molar-refractivity contribution < 1.29 is 22.3 Å². The molecule has 0 amide bonds. The zero-order valence-corrected chi connectivity index (χ0v) is 14.7. The van der Waals surface area contributed by atoms with Crippen molar-refractivity contribution >= 4 is 17.6 Å². The van der Waals surface area contributed by atoms with E-state index in [1.54, 1.807) is 6.07 Å². The van der Waals surface area contributed by atoms with Crippen molar-refractivity contribution in [3.05, 3.63) is 18.3 Å². The third-order valence-electron chi connectivity index (χ3n) is 4.74. The molecular weight excluding hydrogens is 380 g/mol. The summed E-state index contributed by atoms with van der Waals surface area (Å²) < 4.78 is 56.9. The third kappa shape index (κ3) is 3.60. The molecule has 0 unspecified atom stereocenters. The number of nitrogen functional groups attached to an aromatic ring is 1. The highest BCUT2D eigenvalue weighted by molar-refractivity contribution is 5.68. The Morgan fingerprint density at radius 3 is 2.39 bits per heavy atom. The van der Waals surface area contributed by atoms with Crippen LogP contribution in [0.5, 0.6) is 5.75 Å². The van der Waals surface area contributed by atoms with Crippen LogP contribution < -0.4 is 20.3 Å². The molecule has 2 N–H and O–H groups in total. The molecule has 2 saturated heterocycles. The van der Waals surface area contributed by atoms with Gasteiger partial charge in [0.05, 0.1) is 18.8 Å². The van der Waals surface area contributed by atoms with E-state index in [1.807, 2.05) is 4.90 Å². The predicted octanol–water partition coefficient (Wildman–Crippen LogP) is 2.43. The Balaban J connectivity index is 1.73. The first-order valence-corrected chi connectivity index (χ1v) is 8.78. The molecule has 0 radical (unpaired) electrons. The second-order valence-electron chi connectivity index (χ2n) is 6.67. The van der Waals surface area contributed by atoms with Crippen LogP contribution in [0.25, 0.3) is 11.3 Å². The number of aromatic nitrogens is 3. The minimum absolute atomic E-state index is 0.114. The van der Waals surface area contributed by atoms with E-state index >= 15 is 0 Å². The number of nitrogens with two attached hydrogens (primary N) is 1. The van der Waals surface area contributed by atoms with E-state index in [0.29, 0.717) is 23.0 Å². The Morgan fingerprint density at radius 1 is 1.07 bits per heavy atom. The second kappa shape index (κ2) is 7.28. The second-order valence-corrected chi connectivity index (χ2v) is 6.67. The minimum Gasteiger partial charge on any atom is -0.431 e. The van der Waals surface area contributed by atoms with Gasteiger partial charge in [-0.15, -0.1) is 0 Å². The van der Waals surface area contributed by atoms with E-state index in [0.717, 1.165) is 19.5 Å². The first kappa shape index (κ1) is 18.5. The van der Waals surface area contributed by atoms with Crippen LogP contribution in [-0.4, -0.2) is 60.1 Å². The summed E-state index contributed by atoms with van der Waals surface area (Å²) in [5.74, 6) is 0.320. The van der Waals surface area contributed by atoms with Crippen LogP contribution in [0.15, 0.2) is 18.3 Å². The average Bonchev–Trinajstić information content (AvgIpc) is 2.94. The molecular formula is C17H18F4N6O. The smallest absolute Gasteiger partial charge is 0.387 e. The molecule has 0 spiro atoms. The normalized spacial score (nSPS) is 21.9. The molecule has 0 aliphatic carbocycles. The predicted molar refractivity (Wildman–Crippen MR) is 95.1 cm³/mol. The van der Waals surface area contributed by atoms with E-state index in [2.05, 4.69) is 19.7 Å². The molecule has 0 saturated carbocycles. The maximum absolute atomic E-state index is 13.6. The fourth-order valence-corrected chi connectivity index (χ4v) is 3.09. The fourth-order valence-electron chi connectivity index (χ4n) is 3.09. The number of alkyl halides is 4. The van der Waals surface area contributed by atoms with E-state index in [9.17, 15) is 17.6 Å². The quantitative estimate of drug-likeness (QED) is 0.775. The van der Waals surface area contributed by atoms with Crippen molar-refractivity contribution in [1.29, 1.82) is 0 Å². The molecule has 2 aliphatic heterocycles. The SMILES string of the molecule is Nc1ncc(-c2cc(N3C[C@@H](F)[C@@H](F)C3)nc(N3CCC3)n2)cc1OC(F)F. The van der Waals surface area contributed by atoms with Gasteiger partial charge < -0.3 is 20.3 Å². The van der Waals surface area contributed by atoms with Gasteiger partial charge in [0.2, 0.25) is 5.95 Å². The summed E-state index contributed by atoms with van der Waals surface area (Å²) >= 11 is 0. The van der Waals surface area contributed by atoms with Crippen molar-refractivity contribution in [1.82, 2.24) is 15.0 Å². The Labute approximate surface area is 158 Å². The lowest BCUT2D eigenvalue weighted by atomic mass is 10.2. The highest BCUT2D eigenvalue weighted by atomic mass is 19.3. The zero-order chi connectivity index (χ0) is 19.8. The van der Waals surface area contributed by atoms with Crippen molar-refractivity contribution in [3.8, 4) is 17.0 Å². The molecule has 28 heavy (non-hydrogen) atoms. The monoisotopic (exact) mass is 398 g/mol. The van der Waals surface area contributed by atoms with Gasteiger partial charge in [-0.2, -0.15) is 13.8 Å². The number of rotatable bonds is 5. The number of ether oxygens (including phenoxy) is 1. The highest BCUT2D eigenvalue weighted by Crippen LogP contribution is 2.32. The average molecular weight is 398 g/mol. The number of pyridine rings is 1. The summed E-state index contributed by atoms with van der Waals surface area (Å²) in [7, 11) is 0. The van der Waals surface area contributed by atoms with E-state index in [4.69, 9.17) is 5.73 Å². The van der Waals surface area contributed by atoms with Crippen LogP contribution in [0.3, 0.4) is 0 Å². The van der Waals surface area contributed by atoms with Crippen LogP contribution in [0.2, 0.25) is 0 Å². The number of hydrogen-bond acceptors (Lipinski definition) is 7. The summed E-state index contributed by atoms with van der Waals surface area (Å²) in [6.07, 6.45) is -0.814. The molecule has 4 rings (SSSR count). The van der Waals surface area contributed by atoms with Gasteiger partial charge in [-0.05, 0) is 12.5 Å². The minimum atomic E-state index is -3.05. The maximum atomic E-state index is 13.6. The molecule has 11 heteroatoms. The first-order valence-electron chi connectivity index (χ1n) is 8.78. The maximum Gasteiger partial charge on any atom is 0.387 e. The molecule has 0 aromatic carbocycles. The van der Waals surface area contributed by atoms with Gasteiger partial charge in [-0.3, -0.25) is 0 Å². The van der Waals surface area contributed by atoms with Crippen molar-refractivity contribution in [2.75, 3.05) is 41.7 Å². The Hall–Kier alpha value is -2.85. The molecule has 4 heterocycles. The molecule has 7 nitrogen and oxygen atoms in total. The Kier molecular flexibility index (Phi) is 4.82. The van der Waals surface area contributed by atoms with Crippen molar-refractivity contribution in [3.63, 3.8) is 0 Å². The molecule has 2 aromatic rings. The molecule has 150 valence electrons. The van der Waals surface area contributed by atoms with Gasteiger partial charge in [0.15, 0.2) is 23.9 Å². The molecule has 2 aliphatic rings. The van der Waals surface area contributed by atoms with Gasteiger partial charge in [0, 0.05) is 30.9 Å². The van der Waals surface area contributed by atoms with Crippen molar-refractivity contribution in [2.24, 2.45) is 0 Å². The van der Waals surface area contributed by atoms with E-state index in [1.165, 1.54) is 17.2 Å². The third-order valence-corrected chi connectivity index (χ3v) is 4.74. The molecule has 2 aromatic heterocycles. The topological polar surface area (TPSA) is 80.4 Å². The van der Waals surface area contributed by atoms with Crippen LogP contribution in [0.1, 0.15) is 6.42 Å².